The zero-order valence-electron chi connectivity index (χ0n) is 12.2. The van der Waals surface area contributed by atoms with Crippen LogP contribution in [-0.4, -0.2) is 5.11 Å². The van der Waals surface area contributed by atoms with Gasteiger partial charge in [0.25, 0.3) is 0 Å². The molecular formula is C17H15Br2NO2. The van der Waals surface area contributed by atoms with Gasteiger partial charge in [-0.15, -0.1) is 0 Å². The molecule has 0 spiro atoms. The smallest absolute Gasteiger partial charge is 0.155 e. The molecule has 0 heterocycles. The number of hydrogen-bond acceptors (Lipinski definition) is 3. The van der Waals surface area contributed by atoms with Crippen molar-refractivity contribution in [1.82, 2.24) is 0 Å². The van der Waals surface area contributed by atoms with Gasteiger partial charge >= 0.3 is 0 Å². The number of halogens is 2. The van der Waals surface area contributed by atoms with Crippen molar-refractivity contribution in [3.8, 4) is 23.3 Å². The number of aromatic hydroxyl groups is 1. The lowest BCUT2D eigenvalue weighted by molar-refractivity contribution is 0.453. The van der Waals surface area contributed by atoms with E-state index < -0.39 is 0 Å². The average molecular weight is 425 g/mol. The van der Waals surface area contributed by atoms with Crippen molar-refractivity contribution in [1.29, 1.82) is 5.26 Å². The van der Waals surface area contributed by atoms with Gasteiger partial charge in [0.2, 0.25) is 0 Å². The molecule has 22 heavy (non-hydrogen) atoms. The Hall–Kier alpha value is -1.51. The van der Waals surface area contributed by atoms with Crippen molar-refractivity contribution < 1.29 is 9.84 Å². The Morgan fingerprint density at radius 1 is 1.18 bits per heavy atom. The van der Waals surface area contributed by atoms with Crippen molar-refractivity contribution in [2.24, 2.45) is 0 Å². The molecule has 5 heteroatoms. The predicted molar refractivity (Wildman–Crippen MR) is 93.4 cm³/mol. The summed E-state index contributed by atoms with van der Waals surface area (Å²) in [5, 5.41) is 18.7. The molecule has 0 aliphatic heterocycles. The van der Waals surface area contributed by atoms with Crippen LogP contribution in [0.15, 0.2) is 39.3 Å². The zero-order chi connectivity index (χ0) is 16.3. The van der Waals surface area contributed by atoms with E-state index in [0.29, 0.717) is 17.9 Å². The molecule has 0 amide bonds. The molecule has 0 bridgehead atoms. The molecule has 0 aliphatic carbocycles. The number of phenolic OH excluding ortho intramolecular Hbond substituents is 1. The fourth-order valence-corrected chi connectivity index (χ4v) is 3.52. The van der Waals surface area contributed by atoms with E-state index in [-0.39, 0.29) is 11.7 Å². The normalized spacial score (nSPS) is 10.5. The number of benzene rings is 2. The van der Waals surface area contributed by atoms with Gasteiger partial charge in [-0.3, -0.25) is 0 Å². The van der Waals surface area contributed by atoms with Crippen LogP contribution in [0.2, 0.25) is 0 Å². The van der Waals surface area contributed by atoms with Crippen LogP contribution >= 0.6 is 31.9 Å². The van der Waals surface area contributed by atoms with E-state index in [1.54, 1.807) is 12.1 Å². The molecule has 114 valence electrons. The second kappa shape index (κ2) is 7.17. The molecule has 0 radical (unpaired) electrons. The van der Waals surface area contributed by atoms with Gasteiger partial charge in [-0.05, 0) is 73.7 Å². The summed E-state index contributed by atoms with van der Waals surface area (Å²) in [6.07, 6.45) is 0.341. The summed E-state index contributed by atoms with van der Waals surface area (Å²) in [6.45, 7) is 4.03. The van der Waals surface area contributed by atoms with Gasteiger partial charge in [0, 0.05) is 5.56 Å². The minimum Gasteiger partial charge on any atom is -0.508 e. The van der Waals surface area contributed by atoms with Gasteiger partial charge in [-0.25, -0.2) is 0 Å². The molecule has 2 aromatic carbocycles. The lowest BCUT2D eigenvalue weighted by Crippen LogP contribution is -1.93. The SMILES string of the molecule is CC(C)c1cc(Oc2c(Br)cc(CC#N)cc2Br)ccc1O. The summed E-state index contributed by atoms with van der Waals surface area (Å²) in [4.78, 5) is 0. The standard InChI is InChI=1S/C17H15Br2NO2/c1-10(2)13-9-12(3-4-16(13)21)22-17-14(18)7-11(5-6-20)8-15(17)19/h3-4,7-10,21H,5H2,1-2H3. The monoisotopic (exact) mass is 423 g/mol. The van der Waals surface area contributed by atoms with E-state index in [9.17, 15) is 5.11 Å². The maximum absolute atomic E-state index is 9.87. The maximum atomic E-state index is 9.87. The first kappa shape index (κ1) is 16.9. The second-order valence-electron chi connectivity index (χ2n) is 5.20. The number of phenols is 1. The van der Waals surface area contributed by atoms with Crippen LogP contribution in [0.1, 0.15) is 30.9 Å². The van der Waals surface area contributed by atoms with Gasteiger partial charge < -0.3 is 9.84 Å². The van der Waals surface area contributed by atoms with E-state index in [1.165, 1.54) is 0 Å². The van der Waals surface area contributed by atoms with E-state index >= 15 is 0 Å². The first-order chi connectivity index (χ1) is 10.4. The largest absolute Gasteiger partial charge is 0.508 e. The van der Waals surface area contributed by atoms with Crippen molar-refractivity contribution in [2.45, 2.75) is 26.2 Å². The lowest BCUT2D eigenvalue weighted by atomic mass is 10.0. The van der Waals surface area contributed by atoms with Gasteiger partial charge in [0.1, 0.15) is 11.5 Å². The third-order valence-electron chi connectivity index (χ3n) is 3.18. The van der Waals surface area contributed by atoms with Crippen LogP contribution in [0.4, 0.5) is 0 Å². The van der Waals surface area contributed by atoms with E-state index in [4.69, 9.17) is 10.00 Å². The van der Waals surface area contributed by atoms with E-state index in [0.717, 1.165) is 20.1 Å². The molecule has 0 aliphatic rings. The van der Waals surface area contributed by atoms with Crippen LogP contribution in [0.5, 0.6) is 17.2 Å². The Morgan fingerprint density at radius 2 is 1.82 bits per heavy atom. The van der Waals surface area contributed by atoms with Crippen molar-refractivity contribution in [3.05, 3.63) is 50.4 Å². The Labute approximate surface area is 146 Å². The topological polar surface area (TPSA) is 53.2 Å². The molecular weight excluding hydrogens is 410 g/mol. The highest BCUT2D eigenvalue weighted by Crippen LogP contribution is 2.39. The lowest BCUT2D eigenvalue weighted by Gasteiger charge is -2.14. The Balaban J connectivity index is 2.35. The quantitative estimate of drug-likeness (QED) is 0.664. The maximum Gasteiger partial charge on any atom is 0.155 e. The first-order valence-corrected chi connectivity index (χ1v) is 8.36. The van der Waals surface area contributed by atoms with Gasteiger partial charge in [-0.1, -0.05) is 13.8 Å². The molecule has 0 atom stereocenters. The molecule has 0 saturated carbocycles. The van der Waals surface area contributed by atoms with Gasteiger partial charge in [0.15, 0.2) is 5.75 Å². The third-order valence-corrected chi connectivity index (χ3v) is 4.36. The van der Waals surface area contributed by atoms with Gasteiger partial charge in [-0.2, -0.15) is 5.26 Å². The molecule has 0 aromatic heterocycles. The minimum atomic E-state index is 0.202. The molecule has 2 aromatic rings. The molecule has 1 N–H and O–H groups in total. The van der Waals surface area contributed by atoms with Crippen LogP contribution in [0.25, 0.3) is 0 Å². The molecule has 2 rings (SSSR count). The van der Waals surface area contributed by atoms with Crippen molar-refractivity contribution in [3.63, 3.8) is 0 Å². The predicted octanol–water partition coefficient (Wildman–Crippen LogP) is 5.90. The fourth-order valence-electron chi connectivity index (χ4n) is 2.08. The van der Waals surface area contributed by atoms with Crippen LogP contribution in [0.3, 0.4) is 0 Å². The highest BCUT2D eigenvalue weighted by Gasteiger charge is 2.13. The highest BCUT2D eigenvalue weighted by molar-refractivity contribution is 9.11. The van der Waals surface area contributed by atoms with E-state index in [1.807, 2.05) is 32.0 Å². The van der Waals surface area contributed by atoms with Crippen molar-refractivity contribution in [2.75, 3.05) is 0 Å². The summed E-state index contributed by atoms with van der Waals surface area (Å²) >= 11 is 6.95. The summed E-state index contributed by atoms with van der Waals surface area (Å²) < 4.78 is 7.47. The number of hydrogen-bond donors (Lipinski definition) is 1. The zero-order valence-corrected chi connectivity index (χ0v) is 15.4. The van der Waals surface area contributed by atoms with Crippen LogP contribution in [-0.2, 0) is 6.42 Å². The summed E-state index contributed by atoms with van der Waals surface area (Å²) in [7, 11) is 0. The van der Waals surface area contributed by atoms with Gasteiger partial charge in [0.05, 0.1) is 21.4 Å². The van der Waals surface area contributed by atoms with Crippen molar-refractivity contribution >= 4 is 31.9 Å². The van der Waals surface area contributed by atoms with E-state index in [2.05, 4.69) is 37.9 Å². The number of nitriles is 1. The Kier molecular flexibility index (Phi) is 5.49. The average Bonchev–Trinajstić information content (AvgIpc) is 2.44. The summed E-state index contributed by atoms with van der Waals surface area (Å²) in [5.41, 5.74) is 1.74. The van der Waals surface area contributed by atoms with Crippen LogP contribution < -0.4 is 4.74 Å². The Morgan fingerprint density at radius 3 is 2.36 bits per heavy atom. The number of ether oxygens (including phenoxy) is 1. The highest BCUT2D eigenvalue weighted by atomic mass is 79.9. The molecule has 0 fully saturated rings. The molecule has 0 saturated heterocycles. The first-order valence-electron chi connectivity index (χ1n) is 6.78. The minimum absolute atomic E-state index is 0.202. The Bertz CT molecular complexity index is 713. The van der Waals surface area contributed by atoms with Crippen LogP contribution in [0, 0.1) is 11.3 Å². The molecule has 3 nitrogen and oxygen atoms in total. The molecule has 0 unspecified atom stereocenters. The number of nitrogens with zero attached hydrogens (tertiary/aromatic N) is 1. The summed E-state index contributed by atoms with van der Waals surface area (Å²) in [5.74, 6) is 1.76. The number of rotatable bonds is 4. The summed E-state index contributed by atoms with van der Waals surface area (Å²) in [6, 6.07) is 11.1. The third kappa shape index (κ3) is 3.82. The second-order valence-corrected chi connectivity index (χ2v) is 6.91. The fraction of sp³-hybridized carbons (Fsp3) is 0.235.